The van der Waals surface area contributed by atoms with Gasteiger partial charge in [0.1, 0.15) is 0 Å². The summed E-state index contributed by atoms with van der Waals surface area (Å²) < 4.78 is 0.976. The minimum Gasteiger partial charge on any atom is -0.298 e. The van der Waals surface area contributed by atoms with E-state index in [1.54, 1.807) is 12.3 Å². The molecule has 0 spiro atoms. The van der Waals surface area contributed by atoms with E-state index in [0.717, 1.165) is 27.2 Å². The highest BCUT2D eigenvalue weighted by molar-refractivity contribution is 9.10. The van der Waals surface area contributed by atoms with Crippen molar-refractivity contribution in [2.45, 2.75) is 6.92 Å². The number of aldehydes is 1. The predicted octanol–water partition coefficient (Wildman–Crippen LogP) is 3.12. The molecular formula is C11H8BrNO. The zero-order valence-corrected chi connectivity index (χ0v) is 9.21. The van der Waals surface area contributed by atoms with Crippen molar-refractivity contribution < 1.29 is 4.79 Å². The molecule has 0 saturated heterocycles. The van der Waals surface area contributed by atoms with Crippen molar-refractivity contribution in [3.05, 3.63) is 40.1 Å². The van der Waals surface area contributed by atoms with Gasteiger partial charge in [0.05, 0.1) is 0 Å². The van der Waals surface area contributed by atoms with E-state index in [4.69, 9.17) is 0 Å². The molecule has 2 nitrogen and oxygen atoms in total. The van der Waals surface area contributed by atoms with Gasteiger partial charge in [0.25, 0.3) is 0 Å². The number of aromatic nitrogens is 1. The lowest BCUT2D eigenvalue weighted by atomic mass is 10.1. The van der Waals surface area contributed by atoms with Gasteiger partial charge >= 0.3 is 0 Å². The van der Waals surface area contributed by atoms with E-state index in [0.29, 0.717) is 5.56 Å². The molecule has 3 heteroatoms. The number of aryl methyl sites for hydroxylation is 1. The summed E-state index contributed by atoms with van der Waals surface area (Å²) in [7, 11) is 0. The molecule has 0 bridgehead atoms. The number of carbonyl (C=O) groups excluding carboxylic acids is 1. The first-order chi connectivity index (χ1) is 6.74. The van der Waals surface area contributed by atoms with Crippen LogP contribution in [0.25, 0.3) is 10.8 Å². The molecule has 0 radical (unpaired) electrons. The van der Waals surface area contributed by atoms with Crippen LogP contribution >= 0.6 is 15.9 Å². The Morgan fingerprint density at radius 3 is 2.86 bits per heavy atom. The Kier molecular flexibility index (Phi) is 2.33. The summed E-state index contributed by atoms with van der Waals surface area (Å²) in [5.41, 5.74) is 1.63. The van der Waals surface area contributed by atoms with Gasteiger partial charge in [-0.2, -0.15) is 0 Å². The molecule has 70 valence electrons. The van der Waals surface area contributed by atoms with Crippen LogP contribution in [0.5, 0.6) is 0 Å². The molecular weight excluding hydrogens is 242 g/mol. The van der Waals surface area contributed by atoms with Crippen molar-refractivity contribution >= 4 is 33.0 Å². The fourth-order valence-electron chi connectivity index (χ4n) is 1.55. The van der Waals surface area contributed by atoms with Crippen molar-refractivity contribution in [3.63, 3.8) is 0 Å². The highest BCUT2D eigenvalue weighted by Crippen LogP contribution is 2.27. The van der Waals surface area contributed by atoms with Gasteiger partial charge < -0.3 is 0 Å². The second-order valence-electron chi connectivity index (χ2n) is 3.07. The SMILES string of the molecule is Cc1nccc2c(C=O)ccc(Br)c12. The van der Waals surface area contributed by atoms with E-state index in [9.17, 15) is 4.79 Å². The summed E-state index contributed by atoms with van der Waals surface area (Å²) in [6.45, 7) is 1.93. The maximum atomic E-state index is 10.8. The van der Waals surface area contributed by atoms with Crippen LogP contribution in [0.2, 0.25) is 0 Å². The molecule has 0 N–H and O–H groups in total. The number of pyridine rings is 1. The molecule has 1 aromatic heterocycles. The second-order valence-corrected chi connectivity index (χ2v) is 3.93. The Bertz CT molecular complexity index is 500. The number of hydrogen-bond donors (Lipinski definition) is 0. The Hall–Kier alpha value is -1.22. The Balaban J connectivity index is 2.98. The lowest BCUT2D eigenvalue weighted by Crippen LogP contribution is -1.89. The van der Waals surface area contributed by atoms with Crippen LogP contribution in [-0.2, 0) is 0 Å². The van der Waals surface area contributed by atoms with Crippen LogP contribution < -0.4 is 0 Å². The molecule has 0 fully saturated rings. The number of rotatable bonds is 1. The zero-order valence-electron chi connectivity index (χ0n) is 7.62. The van der Waals surface area contributed by atoms with Crippen LogP contribution in [0.1, 0.15) is 16.1 Å². The molecule has 0 amide bonds. The van der Waals surface area contributed by atoms with Gasteiger partial charge in [0, 0.05) is 27.3 Å². The molecule has 0 aliphatic heterocycles. The van der Waals surface area contributed by atoms with Gasteiger partial charge in [0.15, 0.2) is 6.29 Å². The minimum absolute atomic E-state index is 0.703. The average Bonchev–Trinajstić information content (AvgIpc) is 2.18. The molecule has 0 unspecified atom stereocenters. The van der Waals surface area contributed by atoms with Gasteiger partial charge in [-0.1, -0.05) is 15.9 Å². The number of hydrogen-bond acceptors (Lipinski definition) is 2. The monoisotopic (exact) mass is 249 g/mol. The molecule has 1 heterocycles. The summed E-state index contributed by atoms with van der Waals surface area (Å²) >= 11 is 3.46. The summed E-state index contributed by atoms with van der Waals surface area (Å²) in [5.74, 6) is 0. The van der Waals surface area contributed by atoms with Gasteiger partial charge in [-0.25, -0.2) is 0 Å². The Morgan fingerprint density at radius 1 is 1.36 bits per heavy atom. The first-order valence-electron chi connectivity index (χ1n) is 4.23. The maximum Gasteiger partial charge on any atom is 0.150 e. The number of nitrogens with zero attached hydrogens (tertiary/aromatic N) is 1. The third kappa shape index (κ3) is 1.34. The molecule has 0 saturated carbocycles. The average molecular weight is 250 g/mol. The first-order valence-corrected chi connectivity index (χ1v) is 5.02. The summed E-state index contributed by atoms with van der Waals surface area (Å²) in [4.78, 5) is 15.0. The van der Waals surface area contributed by atoms with Crippen LogP contribution in [0, 0.1) is 6.92 Å². The van der Waals surface area contributed by atoms with Crippen molar-refractivity contribution in [2.24, 2.45) is 0 Å². The first kappa shape index (κ1) is 9.34. The molecule has 1 aromatic carbocycles. The van der Waals surface area contributed by atoms with Crippen molar-refractivity contribution in [1.29, 1.82) is 0 Å². The Labute approximate surface area is 90.1 Å². The minimum atomic E-state index is 0.703. The molecule has 0 aliphatic rings. The van der Waals surface area contributed by atoms with E-state index in [-0.39, 0.29) is 0 Å². The van der Waals surface area contributed by atoms with Crippen molar-refractivity contribution in [1.82, 2.24) is 4.98 Å². The largest absolute Gasteiger partial charge is 0.298 e. The molecule has 0 atom stereocenters. The van der Waals surface area contributed by atoms with Crippen LogP contribution in [0.3, 0.4) is 0 Å². The van der Waals surface area contributed by atoms with Crippen LogP contribution in [0.4, 0.5) is 0 Å². The Morgan fingerprint density at radius 2 is 2.14 bits per heavy atom. The van der Waals surface area contributed by atoms with Crippen LogP contribution in [0.15, 0.2) is 28.9 Å². The summed E-state index contributed by atoms with van der Waals surface area (Å²) in [6, 6.07) is 5.54. The number of benzene rings is 1. The molecule has 14 heavy (non-hydrogen) atoms. The van der Waals surface area contributed by atoms with E-state index in [1.165, 1.54) is 0 Å². The molecule has 0 aliphatic carbocycles. The normalized spacial score (nSPS) is 10.4. The van der Waals surface area contributed by atoms with E-state index < -0.39 is 0 Å². The lowest BCUT2D eigenvalue weighted by molar-refractivity contribution is 0.112. The topological polar surface area (TPSA) is 30.0 Å². The third-order valence-corrected chi connectivity index (χ3v) is 2.89. The van der Waals surface area contributed by atoms with E-state index >= 15 is 0 Å². The van der Waals surface area contributed by atoms with E-state index in [2.05, 4.69) is 20.9 Å². The quantitative estimate of drug-likeness (QED) is 0.728. The number of carbonyl (C=O) groups is 1. The fourth-order valence-corrected chi connectivity index (χ4v) is 2.18. The van der Waals surface area contributed by atoms with Crippen molar-refractivity contribution in [2.75, 3.05) is 0 Å². The summed E-state index contributed by atoms with van der Waals surface area (Å²) in [6.07, 6.45) is 2.59. The number of fused-ring (bicyclic) bond motifs is 1. The maximum absolute atomic E-state index is 10.8. The molecule has 2 rings (SSSR count). The third-order valence-electron chi connectivity index (χ3n) is 2.23. The highest BCUT2D eigenvalue weighted by Gasteiger charge is 2.06. The number of halogens is 1. The van der Waals surface area contributed by atoms with Crippen molar-refractivity contribution in [3.8, 4) is 0 Å². The van der Waals surface area contributed by atoms with Gasteiger partial charge in [-0.15, -0.1) is 0 Å². The molecule has 2 aromatic rings. The highest BCUT2D eigenvalue weighted by atomic mass is 79.9. The second kappa shape index (κ2) is 3.50. The van der Waals surface area contributed by atoms with Gasteiger partial charge in [-0.3, -0.25) is 9.78 Å². The lowest BCUT2D eigenvalue weighted by Gasteiger charge is -2.05. The summed E-state index contributed by atoms with van der Waals surface area (Å²) in [5, 5.41) is 1.96. The smallest absolute Gasteiger partial charge is 0.150 e. The predicted molar refractivity (Wildman–Crippen MR) is 59.6 cm³/mol. The fraction of sp³-hybridized carbons (Fsp3) is 0.0909. The van der Waals surface area contributed by atoms with Gasteiger partial charge in [0.2, 0.25) is 0 Å². The van der Waals surface area contributed by atoms with E-state index in [1.807, 2.05) is 19.1 Å². The zero-order chi connectivity index (χ0) is 10.1. The standard InChI is InChI=1S/C11H8BrNO/c1-7-11-9(4-5-13-7)8(6-14)2-3-10(11)12/h2-6H,1H3. The van der Waals surface area contributed by atoms with Crippen LogP contribution in [-0.4, -0.2) is 11.3 Å². The van der Waals surface area contributed by atoms with Gasteiger partial charge in [-0.05, 0) is 30.5 Å².